The molecule has 2 saturated carbocycles. The summed E-state index contributed by atoms with van der Waals surface area (Å²) in [5.74, 6) is 2.03. The Labute approximate surface area is 106 Å². The molecule has 17 heavy (non-hydrogen) atoms. The van der Waals surface area contributed by atoms with E-state index in [1.165, 1.54) is 64.6 Å². The molecule has 2 unspecified atom stereocenters. The fourth-order valence-corrected chi connectivity index (χ4v) is 4.18. The Bertz CT molecular complexity index is 245. The topological polar surface area (TPSA) is 15.3 Å². The van der Waals surface area contributed by atoms with Crippen LogP contribution in [0.5, 0.6) is 0 Å². The molecule has 1 aliphatic heterocycles. The lowest BCUT2D eigenvalue weighted by Gasteiger charge is -2.30. The van der Waals surface area contributed by atoms with Crippen LogP contribution in [0, 0.1) is 11.8 Å². The molecule has 1 heterocycles. The van der Waals surface area contributed by atoms with Crippen molar-refractivity contribution in [1.82, 2.24) is 10.2 Å². The summed E-state index contributed by atoms with van der Waals surface area (Å²) in [6, 6.07) is 1.78. The van der Waals surface area contributed by atoms with Gasteiger partial charge >= 0.3 is 0 Å². The largest absolute Gasteiger partial charge is 0.313 e. The SMILES string of the molecule is CC1CCC(NCCN2CC3CCC2C3)CC1. The third-order valence-corrected chi connectivity index (χ3v) is 5.37. The minimum Gasteiger partial charge on any atom is -0.313 e. The highest BCUT2D eigenvalue weighted by molar-refractivity contribution is 4.92. The zero-order valence-electron chi connectivity index (χ0n) is 11.3. The van der Waals surface area contributed by atoms with Crippen molar-refractivity contribution < 1.29 is 0 Å². The Kier molecular flexibility index (Phi) is 3.72. The summed E-state index contributed by atoms with van der Waals surface area (Å²) < 4.78 is 0. The van der Waals surface area contributed by atoms with E-state index in [2.05, 4.69) is 17.1 Å². The summed E-state index contributed by atoms with van der Waals surface area (Å²) in [4.78, 5) is 2.74. The summed E-state index contributed by atoms with van der Waals surface area (Å²) in [5, 5.41) is 3.79. The van der Waals surface area contributed by atoms with E-state index in [4.69, 9.17) is 0 Å². The molecule has 2 aliphatic carbocycles. The van der Waals surface area contributed by atoms with Crippen LogP contribution in [0.4, 0.5) is 0 Å². The van der Waals surface area contributed by atoms with E-state index in [0.717, 1.165) is 23.9 Å². The molecule has 2 atom stereocenters. The van der Waals surface area contributed by atoms with Crippen LogP contribution in [0.15, 0.2) is 0 Å². The van der Waals surface area contributed by atoms with Crippen molar-refractivity contribution in [2.75, 3.05) is 19.6 Å². The second kappa shape index (κ2) is 5.27. The minimum atomic E-state index is 0.825. The second-order valence-corrected chi connectivity index (χ2v) is 6.74. The maximum Gasteiger partial charge on any atom is 0.0110 e. The maximum atomic E-state index is 3.79. The van der Waals surface area contributed by atoms with Gasteiger partial charge in [-0.25, -0.2) is 0 Å². The lowest BCUT2D eigenvalue weighted by atomic mass is 9.87. The molecule has 1 N–H and O–H groups in total. The molecule has 3 rings (SSSR count). The number of piperidine rings is 1. The molecule has 0 amide bonds. The number of hydrogen-bond donors (Lipinski definition) is 1. The van der Waals surface area contributed by atoms with E-state index in [9.17, 15) is 0 Å². The lowest BCUT2D eigenvalue weighted by Crippen LogP contribution is -2.41. The summed E-state index contributed by atoms with van der Waals surface area (Å²) in [5.41, 5.74) is 0. The molecule has 1 saturated heterocycles. The van der Waals surface area contributed by atoms with E-state index in [-0.39, 0.29) is 0 Å². The van der Waals surface area contributed by atoms with Crippen LogP contribution in [0.3, 0.4) is 0 Å². The fraction of sp³-hybridized carbons (Fsp3) is 1.00. The number of nitrogens with one attached hydrogen (secondary N) is 1. The van der Waals surface area contributed by atoms with Gasteiger partial charge in [0, 0.05) is 31.7 Å². The first-order chi connectivity index (χ1) is 8.31. The lowest BCUT2D eigenvalue weighted by molar-refractivity contribution is 0.206. The van der Waals surface area contributed by atoms with E-state index in [1.807, 2.05) is 0 Å². The van der Waals surface area contributed by atoms with Gasteiger partial charge in [-0.15, -0.1) is 0 Å². The monoisotopic (exact) mass is 236 g/mol. The number of nitrogens with zero attached hydrogens (tertiary/aromatic N) is 1. The molecule has 0 aromatic rings. The summed E-state index contributed by atoms with van der Waals surface area (Å²) in [6.45, 7) is 6.32. The van der Waals surface area contributed by atoms with Gasteiger partial charge in [-0.2, -0.15) is 0 Å². The molecule has 3 aliphatic rings. The fourth-order valence-electron chi connectivity index (χ4n) is 4.18. The van der Waals surface area contributed by atoms with E-state index in [0.29, 0.717) is 0 Å². The molecule has 0 radical (unpaired) electrons. The highest BCUT2D eigenvalue weighted by atomic mass is 15.2. The van der Waals surface area contributed by atoms with Crippen LogP contribution in [-0.2, 0) is 0 Å². The van der Waals surface area contributed by atoms with Gasteiger partial charge in [0.05, 0.1) is 0 Å². The van der Waals surface area contributed by atoms with Crippen molar-refractivity contribution >= 4 is 0 Å². The molecule has 0 spiro atoms. The smallest absolute Gasteiger partial charge is 0.0110 e. The van der Waals surface area contributed by atoms with Gasteiger partial charge in [0.1, 0.15) is 0 Å². The quantitative estimate of drug-likeness (QED) is 0.807. The first kappa shape index (κ1) is 12.0. The Morgan fingerprint density at radius 2 is 1.88 bits per heavy atom. The Morgan fingerprint density at radius 1 is 1.06 bits per heavy atom. The summed E-state index contributed by atoms with van der Waals surface area (Å²) >= 11 is 0. The molecule has 0 aromatic carbocycles. The number of likely N-dealkylation sites (tertiary alicyclic amines) is 1. The molecular weight excluding hydrogens is 208 g/mol. The number of fused-ring (bicyclic) bond motifs is 2. The summed E-state index contributed by atoms with van der Waals surface area (Å²) in [7, 11) is 0. The summed E-state index contributed by atoms with van der Waals surface area (Å²) in [6.07, 6.45) is 10.2. The van der Waals surface area contributed by atoms with Gasteiger partial charge < -0.3 is 5.32 Å². The van der Waals surface area contributed by atoms with Crippen LogP contribution in [0.2, 0.25) is 0 Å². The van der Waals surface area contributed by atoms with Gasteiger partial charge in [0.2, 0.25) is 0 Å². The van der Waals surface area contributed by atoms with Gasteiger partial charge in [0.15, 0.2) is 0 Å². The van der Waals surface area contributed by atoms with Crippen molar-refractivity contribution in [2.45, 2.75) is 64.0 Å². The van der Waals surface area contributed by atoms with Crippen LogP contribution in [-0.4, -0.2) is 36.6 Å². The van der Waals surface area contributed by atoms with Crippen molar-refractivity contribution in [2.24, 2.45) is 11.8 Å². The molecule has 2 bridgehead atoms. The maximum absolute atomic E-state index is 3.79. The van der Waals surface area contributed by atoms with Crippen LogP contribution < -0.4 is 5.32 Å². The van der Waals surface area contributed by atoms with E-state index < -0.39 is 0 Å². The molecule has 3 fully saturated rings. The Morgan fingerprint density at radius 3 is 2.53 bits per heavy atom. The van der Waals surface area contributed by atoms with Crippen molar-refractivity contribution in [3.8, 4) is 0 Å². The van der Waals surface area contributed by atoms with Gasteiger partial charge in [-0.1, -0.05) is 6.92 Å². The van der Waals surface area contributed by atoms with Crippen molar-refractivity contribution in [1.29, 1.82) is 0 Å². The van der Waals surface area contributed by atoms with Gasteiger partial charge in [0.25, 0.3) is 0 Å². The van der Waals surface area contributed by atoms with E-state index >= 15 is 0 Å². The Balaban J connectivity index is 1.33. The third kappa shape index (κ3) is 2.85. The van der Waals surface area contributed by atoms with Crippen LogP contribution in [0.25, 0.3) is 0 Å². The highest BCUT2D eigenvalue weighted by Gasteiger charge is 2.37. The number of hydrogen-bond acceptors (Lipinski definition) is 2. The zero-order chi connectivity index (χ0) is 11.7. The predicted molar refractivity (Wildman–Crippen MR) is 72.1 cm³/mol. The number of rotatable bonds is 4. The highest BCUT2D eigenvalue weighted by Crippen LogP contribution is 2.36. The average molecular weight is 236 g/mol. The molecule has 2 nitrogen and oxygen atoms in total. The third-order valence-electron chi connectivity index (χ3n) is 5.37. The minimum absolute atomic E-state index is 0.825. The van der Waals surface area contributed by atoms with Crippen molar-refractivity contribution in [3.05, 3.63) is 0 Å². The van der Waals surface area contributed by atoms with Gasteiger partial charge in [-0.05, 0) is 56.8 Å². The molecule has 98 valence electrons. The average Bonchev–Trinajstić information content (AvgIpc) is 2.94. The van der Waals surface area contributed by atoms with E-state index in [1.54, 1.807) is 0 Å². The predicted octanol–water partition coefficient (Wildman–Crippen LogP) is 2.64. The van der Waals surface area contributed by atoms with Crippen LogP contribution >= 0.6 is 0 Å². The molecule has 2 heteroatoms. The Hall–Kier alpha value is -0.0800. The first-order valence-corrected chi connectivity index (χ1v) is 7.78. The van der Waals surface area contributed by atoms with Crippen molar-refractivity contribution in [3.63, 3.8) is 0 Å². The first-order valence-electron chi connectivity index (χ1n) is 7.78. The second-order valence-electron chi connectivity index (χ2n) is 6.74. The van der Waals surface area contributed by atoms with Gasteiger partial charge in [-0.3, -0.25) is 4.90 Å². The standard InChI is InChI=1S/C15H28N2/c1-12-2-5-14(6-3-12)16-8-9-17-11-13-4-7-15(17)10-13/h12-16H,2-11H2,1H3. The zero-order valence-corrected chi connectivity index (χ0v) is 11.3. The van der Waals surface area contributed by atoms with Crippen LogP contribution in [0.1, 0.15) is 51.9 Å². The molecular formula is C15H28N2. The normalized spacial score (nSPS) is 42.2. The molecule has 0 aromatic heterocycles.